The first-order valence-corrected chi connectivity index (χ1v) is 12.9. The van der Waals surface area contributed by atoms with Crippen LogP contribution in [0.25, 0.3) is 22.3 Å². The second-order valence-electron chi connectivity index (χ2n) is 9.74. The van der Waals surface area contributed by atoms with Crippen molar-refractivity contribution in [3.8, 4) is 11.3 Å². The van der Waals surface area contributed by atoms with Crippen LogP contribution in [-0.4, -0.2) is 58.8 Å². The largest absolute Gasteiger partial charge is 0.378 e. The number of morpholine rings is 1. The van der Waals surface area contributed by atoms with Crippen molar-refractivity contribution in [3.63, 3.8) is 0 Å². The normalized spacial score (nSPS) is 15.7. The molecule has 1 amide bonds. The molecule has 2 fully saturated rings. The second-order valence-corrected chi connectivity index (χ2v) is 9.74. The van der Waals surface area contributed by atoms with E-state index in [1.54, 1.807) is 19.2 Å². The predicted molar refractivity (Wildman–Crippen MR) is 144 cm³/mol. The maximum atomic E-state index is 11.9. The third kappa shape index (κ3) is 4.99. The van der Waals surface area contributed by atoms with Gasteiger partial charge in [0.2, 0.25) is 5.95 Å². The summed E-state index contributed by atoms with van der Waals surface area (Å²) in [6.45, 7) is 5.91. The van der Waals surface area contributed by atoms with Crippen LogP contribution in [0.15, 0.2) is 48.5 Å². The van der Waals surface area contributed by atoms with Crippen LogP contribution in [0.3, 0.4) is 0 Å². The highest BCUT2D eigenvalue weighted by Gasteiger charge is 2.24. The summed E-state index contributed by atoms with van der Waals surface area (Å²) in [6.07, 6.45) is 2.60. The number of carbonyl (C=O) groups excluding carboxylic acids is 1. The molecule has 3 heterocycles. The summed E-state index contributed by atoms with van der Waals surface area (Å²) < 4.78 is 7.89. The van der Waals surface area contributed by atoms with Gasteiger partial charge < -0.3 is 24.8 Å². The fraction of sp³-hybridized carbons (Fsp3) is 0.357. The fourth-order valence-corrected chi connectivity index (χ4v) is 4.74. The number of aromatic nitrogens is 4. The molecular weight excluding hydrogens is 466 g/mol. The van der Waals surface area contributed by atoms with Gasteiger partial charge in [-0.2, -0.15) is 4.98 Å². The van der Waals surface area contributed by atoms with E-state index in [4.69, 9.17) is 19.7 Å². The molecule has 4 aromatic rings. The Balaban J connectivity index is 1.37. The molecule has 0 bridgehead atoms. The maximum Gasteiger partial charge on any atom is 0.251 e. The Labute approximate surface area is 215 Å². The molecule has 6 rings (SSSR count). The van der Waals surface area contributed by atoms with Crippen molar-refractivity contribution in [1.82, 2.24) is 24.8 Å². The van der Waals surface area contributed by atoms with Gasteiger partial charge in [0.15, 0.2) is 0 Å². The van der Waals surface area contributed by atoms with Gasteiger partial charge in [0, 0.05) is 49.6 Å². The Kier molecular flexibility index (Phi) is 6.21. The molecule has 9 nitrogen and oxygen atoms in total. The van der Waals surface area contributed by atoms with E-state index in [9.17, 15) is 4.79 Å². The van der Waals surface area contributed by atoms with Crippen LogP contribution in [0.5, 0.6) is 0 Å². The zero-order chi connectivity index (χ0) is 25.4. The van der Waals surface area contributed by atoms with Crippen LogP contribution in [0.1, 0.15) is 29.0 Å². The first-order valence-electron chi connectivity index (χ1n) is 12.9. The summed E-state index contributed by atoms with van der Waals surface area (Å²) in [5, 5.41) is 6.06. The smallest absolute Gasteiger partial charge is 0.251 e. The minimum atomic E-state index is -0.114. The number of benzene rings is 2. The third-order valence-corrected chi connectivity index (χ3v) is 7.03. The highest BCUT2D eigenvalue weighted by Crippen LogP contribution is 2.34. The van der Waals surface area contributed by atoms with Crippen LogP contribution in [0.2, 0.25) is 0 Å². The predicted octanol–water partition coefficient (Wildman–Crippen LogP) is 4.15. The molecule has 0 radical (unpaired) electrons. The Hall–Kier alpha value is -3.98. The summed E-state index contributed by atoms with van der Waals surface area (Å²) in [5.74, 6) is 3.07. The number of hydrogen-bond donors (Lipinski definition) is 2. The molecule has 2 aromatic carbocycles. The average Bonchev–Trinajstić information content (AvgIpc) is 3.71. The lowest BCUT2D eigenvalue weighted by Gasteiger charge is -2.27. The van der Waals surface area contributed by atoms with E-state index >= 15 is 0 Å². The Morgan fingerprint density at radius 1 is 1.03 bits per heavy atom. The molecule has 0 unspecified atom stereocenters. The molecule has 1 aliphatic carbocycles. The first-order chi connectivity index (χ1) is 18.1. The average molecular weight is 498 g/mol. The number of carbonyl (C=O) groups is 1. The van der Waals surface area contributed by atoms with Gasteiger partial charge in [-0.25, -0.2) is 9.97 Å². The number of nitrogens with one attached hydrogen (secondary N) is 2. The van der Waals surface area contributed by atoms with E-state index in [0.29, 0.717) is 30.5 Å². The van der Waals surface area contributed by atoms with Crippen molar-refractivity contribution >= 4 is 34.4 Å². The zero-order valence-electron chi connectivity index (χ0n) is 21.2. The molecule has 1 saturated carbocycles. The number of ether oxygens (including phenoxy) is 1. The van der Waals surface area contributed by atoms with Crippen molar-refractivity contribution in [2.75, 3.05) is 43.6 Å². The fourth-order valence-electron chi connectivity index (χ4n) is 4.74. The third-order valence-electron chi connectivity index (χ3n) is 7.03. The quantitative estimate of drug-likeness (QED) is 0.396. The van der Waals surface area contributed by atoms with Gasteiger partial charge in [-0.05, 0) is 62.1 Å². The van der Waals surface area contributed by atoms with Gasteiger partial charge in [0.1, 0.15) is 11.6 Å². The molecule has 2 N–H and O–H groups in total. The molecule has 9 heteroatoms. The van der Waals surface area contributed by atoms with Gasteiger partial charge in [0.05, 0.1) is 29.9 Å². The van der Waals surface area contributed by atoms with Gasteiger partial charge in [-0.15, -0.1) is 0 Å². The van der Waals surface area contributed by atoms with Crippen LogP contribution in [0.4, 0.5) is 17.5 Å². The Morgan fingerprint density at radius 3 is 2.54 bits per heavy atom. The van der Waals surface area contributed by atoms with Gasteiger partial charge >= 0.3 is 0 Å². The molecule has 2 aliphatic rings. The van der Waals surface area contributed by atoms with Crippen molar-refractivity contribution in [2.24, 2.45) is 5.92 Å². The summed E-state index contributed by atoms with van der Waals surface area (Å²) >= 11 is 0. The lowest BCUT2D eigenvalue weighted by Crippen LogP contribution is -2.37. The summed E-state index contributed by atoms with van der Waals surface area (Å²) in [5.41, 5.74) is 5.49. The summed E-state index contributed by atoms with van der Waals surface area (Å²) in [6, 6.07) is 15.7. The lowest BCUT2D eigenvalue weighted by atomic mass is 10.1. The van der Waals surface area contributed by atoms with Crippen LogP contribution < -0.4 is 15.5 Å². The highest BCUT2D eigenvalue weighted by atomic mass is 16.5. The molecule has 37 heavy (non-hydrogen) atoms. The molecule has 1 aliphatic heterocycles. The van der Waals surface area contributed by atoms with Crippen molar-refractivity contribution < 1.29 is 9.53 Å². The van der Waals surface area contributed by atoms with E-state index in [-0.39, 0.29) is 5.91 Å². The number of rotatable bonds is 7. The minimum absolute atomic E-state index is 0.114. The number of amides is 1. The standard InChI is InChI=1S/C28H31N7O2/c1-18-30-23-10-7-21(15-25(23)35(18)17-19-3-4-19)24-16-26(33-28(32-24)34-11-13-37-14-12-34)31-22-8-5-20(6-9-22)27(36)29-2/h5-10,15-16,19H,3-4,11-14,17H2,1-2H3,(H,29,36)(H,31,32,33). The van der Waals surface area contributed by atoms with E-state index in [1.165, 1.54) is 12.8 Å². The molecule has 1 saturated heterocycles. The second kappa shape index (κ2) is 9.82. The van der Waals surface area contributed by atoms with E-state index in [1.807, 2.05) is 18.2 Å². The molecule has 2 aromatic heterocycles. The Bertz CT molecular complexity index is 1440. The van der Waals surface area contributed by atoms with E-state index in [2.05, 4.69) is 45.2 Å². The number of hydrogen-bond acceptors (Lipinski definition) is 7. The minimum Gasteiger partial charge on any atom is -0.378 e. The lowest BCUT2D eigenvalue weighted by molar-refractivity contribution is 0.0963. The van der Waals surface area contributed by atoms with Gasteiger partial charge in [-0.3, -0.25) is 4.79 Å². The number of aryl methyl sites for hydroxylation is 1. The van der Waals surface area contributed by atoms with Crippen LogP contribution >= 0.6 is 0 Å². The molecular formula is C28H31N7O2. The molecule has 190 valence electrons. The summed E-state index contributed by atoms with van der Waals surface area (Å²) in [7, 11) is 1.63. The van der Waals surface area contributed by atoms with Crippen LogP contribution in [-0.2, 0) is 11.3 Å². The van der Waals surface area contributed by atoms with Crippen molar-refractivity contribution in [1.29, 1.82) is 0 Å². The number of anilines is 3. The van der Waals surface area contributed by atoms with Gasteiger partial charge in [-0.1, -0.05) is 6.07 Å². The van der Waals surface area contributed by atoms with Crippen molar-refractivity contribution in [3.05, 3.63) is 59.9 Å². The van der Waals surface area contributed by atoms with Crippen molar-refractivity contribution in [2.45, 2.75) is 26.3 Å². The molecule has 0 spiro atoms. The maximum absolute atomic E-state index is 11.9. The highest BCUT2D eigenvalue weighted by molar-refractivity contribution is 5.94. The monoisotopic (exact) mass is 497 g/mol. The summed E-state index contributed by atoms with van der Waals surface area (Å²) in [4.78, 5) is 28.7. The molecule has 0 atom stereocenters. The first kappa shape index (κ1) is 23.4. The number of imidazole rings is 1. The number of nitrogens with zero attached hydrogens (tertiary/aromatic N) is 5. The van der Waals surface area contributed by atoms with E-state index in [0.717, 1.165) is 59.4 Å². The van der Waals surface area contributed by atoms with Gasteiger partial charge in [0.25, 0.3) is 5.91 Å². The number of fused-ring (bicyclic) bond motifs is 1. The van der Waals surface area contributed by atoms with E-state index < -0.39 is 0 Å². The van der Waals surface area contributed by atoms with Crippen LogP contribution in [0, 0.1) is 12.8 Å². The SMILES string of the molecule is CNC(=O)c1ccc(Nc2cc(-c3ccc4nc(C)n(CC5CC5)c4c3)nc(N3CCOCC3)n2)cc1. The Morgan fingerprint density at radius 2 is 1.81 bits per heavy atom. The zero-order valence-corrected chi connectivity index (χ0v) is 21.2. The topological polar surface area (TPSA) is 97.2 Å².